The molecule has 3 atom stereocenters. The molecule has 0 spiro atoms. The van der Waals surface area contributed by atoms with Crippen molar-refractivity contribution in [1.82, 2.24) is 5.32 Å². The maximum atomic E-state index is 13.9. The van der Waals surface area contributed by atoms with Crippen LogP contribution >= 0.6 is 0 Å². The van der Waals surface area contributed by atoms with Gasteiger partial charge in [0.2, 0.25) is 5.91 Å². The van der Waals surface area contributed by atoms with Crippen LogP contribution in [0.25, 0.3) is 0 Å². The van der Waals surface area contributed by atoms with Gasteiger partial charge in [0.25, 0.3) is 0 Å². The van der Waals surface area contributed by atoms with Gasteiger partial charge in [-0.25, -0.2) is 9.59 Å². The number of nitrogens with one attached hydrogen (secondary N) is 1. The number of ketones is 1. The summed E-state index contributed by atoms with van der Waals surface area (Å²) in [7, 11) is 1.21. The van der Waals surface area contributed by atoms with Crippen LogP contribution < -0.4 is 10.1 Å². The third-order valence-electron chi connectivity index (χ3n) is 8.16. The highest BCUT2D eigenvalue weighted by Gasteiger charge is 2.49. The fraction of sp³-hybridized carbons (Fsp3) is 0.650. The maximum Gasteiger partial charge on any atom is 0.339 e. The van der Waals surface area contributed by atoms with Crippen LogP contribution in [0.15, 0.2) is 36.4 Å². The zero-order valence-corrected chi connectivity index (χ0v) is 31.2. The summed E-state index contributed by atoms with van der Waals surface area (Å²) in [4.78, 5) is 52.2. The predicted molar refractivity (Wildman–Crippen MR) is 194 cm³/mol. The highest BCUT2D eigenvalue weighted by Crippen LogP contribution is 2.28. The predicted octanol–water partition coefficient (Wildman–Crippen LogP) is 6.19. The molecule has 1 aromatic rings. The zero-order valence-electron chi connectivity index (χ0n) is 31.2. The minimum atomic E-state index is -2.42. The molecular weight excluding hydrogens is 638 g/mol. The van der Waals surface area contributed by atoms with E-state index < -0.39 is 54.0 Å². The molecule has 0 bridgehead atoms. The number of ether oxygens (including phenoxy) is 3. The van der Waals surface area contributed by atoms with E-state index in [1.165, 1.54) is 32.4 Å². The SMILES string of the molecule is CC#CCOc1ccc(CC(NC(=O)[C@@H](/C=C/CCCCCCC(=O)CCCCCCC)[C@](O)(CCO)C(=O)OC(C)(C)C)C(=O)OC)cc1. The minimum Gasteiger partial charge on any atom is -0.481 e. The van der Waals surface area contributed by atoms with Gasteiger partial charge in [0.15, 0.2) is 5.60 Å². The molecule has 0 radical (unpaired) electrons. The Morgan fingerprint density at radius 3 is 2.12 bits per heavy atom. The van der Waals surface area contributed by atoms with Crippen LogP contribution in [-0.2, 0) is 35.1 Å². The summed E-state index contributed by atoms with van der Waals surface area (Å²) in [6.45, 7) is 8.44. The number of rotatable bonds is 25. The quantitative estimate of drug-likeness (QED) is 0.0471. The summed E-state index contributed by atoms with van der Waals surface area (Å²) in [5, 5.41) is 24.2. The van der Waals surface area contributed by atoms with Crippen LogP contribution in [-0.4, -0.2) is 71.4 Å². The first kappa shape index (κ1) is 44.3. The fourth-order valence-electron chi connectivity index (χ4n) is 5.35. The Balaban J connectivity index is 3.03. The first-order valence-corrected chi connectivity index (χ1v) is 18.1. The van der Waals surface area contributed by atoms with Crippen molar-refractivity contribution in [2.75, 3.05) is 20.3 Å². The zero-order chi connectivity index (χ0) is 37.4. The van der Waals surface area contributed by atoms with E-state index in [0.29, 0.717) is 36.4 Å². The van der Waals surface area contributed by atoms with Crippen LogP contribution in [0, 0.1) is 17.8 Å². The van der Waals surface area contributed by atoms with Crippen molar-refractivity contribution in [2.45, 2.75) is 142 Å². The van der Waals surface area contributed by atoms with Gasteiger partial charge in [0.05, 0.1) is 13.0 Å². The molecule has 1 rings (SSSR count). The van der Waals surface area contributed by atoms with Gasteiger partial charge < -0.3 is 29.7 Å². The molecule has 0 aliphatic rings. The largest absolute Gasteiger partial charge is 0.481 e. The number of carbonyl (C=O) groups is 4. The molecule has 0 heterocycles. The summed E-state index contributed by atoms with van der Waals surface area (Å²) >= 11 is 0. The van der Waals surface area contributed by atoms with Crippen molar-refractivity contribution in [3.63, 3.8) is 0 Å². The number of methoxy groups -OCH3 is 1. The molecule has 1 unspecified atom stereocenters. The van der Waals surface area contributed by atoms with Crippen LogP contribution in [0.4, 0.5) is 0 Å². The number of Topliss-reactive ketones (excluding diaryl/α,β-unsaturated/α-hetero) is 1. The number of hydrogen-bond donors (Lipinski definition) is 3. The lowest BCUT2D eigenvalue weighted by Crippen LogP contribution is -2.56. The molecule has 3 N–H and O–H groups in total. The Bertz CT molecular complexity index is 1260. The van der Waals surface area contributed by atoms with Crippen molar-refractivity contribution in [3.05, 3.63) is 42.0 Å². The first-order chi connectivity index (χ1) is 23.8. The number of hydrogen-bond acceptors (Lipinski definition) is 9. The molecular formula is C40H61NO9. The number of amides is 1. The minimum absolute atomic E-state index is 0.0656. The van der Waals surface area contributed by atoms with Gasteiger partial charge in [-0.1, -0.05) is 75.7 Å². The standard InChI is InChI=1S/C40H61NO9/c1-7-9-11-14-17-20-32(43)21-18-15-12-13-16-19-22-34(40(47,27-28-42)38(46)50-39(3,4)5)36(44)41-35(37(45)48-6)30-31-23-25-33(26-24-31)49-29-10-8-2/h19,22-26,34-35,42,47H,7,9,11-18,20-21,27-30H2,1-6H3,(H,41,44)/b22-19+/t34-,35?,40-/m1/s1. The monoisotopic (exact) mass is 699 g/mol. The number of aliphatic hydroxyl groups excluding tert-OH is 1. The van der Waals surface area contributed by atoms with Crippen molar-refractivity contribution in [3.8, 4) is 17.6 Å². The highest BCUT2D eigenvalue weighted by atomic mass is 16.6. The van der Waals surface area contributed by atoms with Crippen LogP contribution in [0.1, 0.15) is 124 Å². The third-order valence-corrected chi connectivity index (χ3v) is 8.16. The van der Waals surface area contributed by atoms with Gasteiger partial charge in [-0.2, -0.15) is 0 Å². The second-order valence-electron chi connectivity index (χ2n) is 13.6. The Hall–Kier alpha value is -3.68. The number of unbranched alkanes of at least 4 members (excludes halogenated alkanes) is 8. The van der Waals surface area contributed by atoms with E-state index >= 15 is 0 Å². The molecule has 0 saturated carbocycles. The van der Waals surface area contributed by atoms with E-state index in [-0.39, 0.29) is 13.0 Å². The molecule has 0 aliphatic carbocycles. The molecule has 10 nitrogen and oxygen atoms in total. The summed E-state index contributed by atoms with van der Waals surface area (Å²) in [5.41, 5.74) is -2.69. The first-order valence-electron chi connectivity index (χ1n) is 18.1. The molecule has 50 heavy (non-hydrogen) atoms. The lowest BCUT2D eigenvalue weighted by Gasteiger charge is -2.34. The van der Waals surface area contributed by atoms with Gasteiger partial charge in [-0.05, 0) is 71.1 Å². The summed E-state index contributed by atoms with van der Waals surface area (Å²) < 4.78 is 16.0. The highest BCUT2D eigenvalue weighted by molar-refractivity contribution is 5.93. The average molecular weight is 700 g/mol. The lowest BCUT2D eigenvalue weighted by atomic mass is 9.82. The van der Waals surface area contributed by atoms with Gasteiger partial charge in [0.1, 0.15) is 29.8 Å². The van der Waals surface area contributed by atoms with Crippen molar-refractivity contribution in [2.24, 2.45) is 5.92 Å². The normalized spacial score (nSPS) is 13.8. The smallest absolute Gasteiger partial charge is 0.339 e. The third kappa shape index (κ3) is 17.8. The molecule has 0 aromatic heterocycles. The average Bonchev–Trinajstić information content (AvgIpc) is 3.06. The summed E-state index contributed by atoms with van der Waals surface area (Å²) in [5.74, 6) is 2.42. The Labute approximate surface area is 299 Å². The topological polar surface area (TPSA) is 148 Å². The number of aliphatic hydroxyl groups is 2. The van der Waals surface area contributed by atoms with Crippen molar-refractivity contribution in [1.29, 1.82) is 0 Å². The molecule has 1 amide bonds. The summed E-state index contributed by atoms with van der Waals surface area (Å²) in [6.07, 6.45) is 13.6. The number of esters is 2. The maximum absolute atomic E-state index is 13.9. The summed E-state index contributed by atoms with van der Waals surface area (Å²) in [6, 6.07) is 5.81. The lowest BCUT2D eigenvalue weighted by molar-refractivity contribution is -0.185. The van der Waals surface area contributed by atoms with Crippen LogP contribution in [0.5, 0.6) is 5.75 Å². The van der Waals surface area contributed by atoms with Crippen molar-refractivity contribution < 1.29 is 43.6 Å². The van der Waals surface area contributed by atoms with E-state index in [4.69, 9.17) is 14.2 Å². The second kappa shape index (κ2) is 24.5. The van der Waals surface area contributed by atoms with Crippen LogP contribution in [0.3, 0.4) is 0 Å². The molecule has 280 valence electrons. The Morgan fingerprint density at radius 2 is 1.56 bits per heavy atom. The number of carbonyl (C=O) groups excluding carboxylic acids is 4. The van der Waals surface area contributed by atoms with E-state index in [1.807, 2.05) is 0 Å². The van der Waals surface area contributed by atoms with E-state index in [0.717, 1.165) is 38.5 Å². The van der Waals surface area contributed by atoms with Gasteiger partial charge >= 0.3 is 11.9 Å². The Morgan fingerprint density at radius 1 is 0.940 bits per heavy atom. The van der Waals surface area contributed by atoms with E-state index in [9.17, 15) is 29.4 Å². The number of allylic oxidation sites excluding steroid dienone is 1. The van der Waals surface area contributed by atoms with Gasteiger partial charge in [-0.3, -0.25) is 9.59 Å². The molecule has 0 aliphatic heterocycles. The van der Waals surface area contributed by atoms with E-state index in [1.54, 1.807) is 58.0 Å². The Kier molecular flexibility index (Phi) is 21.7. The number of benzene rings is 1. The van der Waals surface area contributed by atoms with Crippen molar-refractivity contribution >= 4 is 23.6 Å². The fourth-order valence-corrected chi connectivity index (χ4v) is 5.35. The van der Waals surface area contributed by atoms with Gasteiger partial charge in [-0.15, -0.1) is 5.92 Å². The van der Waals surface area contributed by atoms with Gasteiger partial charge in [0, 0.05) is 32.3 Å². The molecule has 10 heteroatoms. The van der Waals surface area contributed by atoms with E-state index in [2.05, 4.69) is 24.1 Å². The molecule has 1 aromatic carbocycles. The molecule has 0 saturated heterocycles. The molecule has 0 fully saturated rings. The second-order valence-corrected chi connectivity index (χ2v) is 13.6. The van der Waals surface area contributed by atoms with Crippen LogP contribution in [0.2, 0.25) is 0 Å².